The Hall–Kier alpha value is -2.17. The van der Waals surface area contributed by atoms with Gasteiger partial charge in [0.05, 0.1) is 18.9 Å². The van der Waals surface area contributed by atoms with E-state index in [9.17, 15) is 4.79 Å². The average molecular weight is 258 g/mol. The summed E-state index contributed by atoms with van der Waals surface area (Å²) in [6.07, 6.45) is 1.02. The second kappa shape index (κ2) is 4.84. The molecular formula is C14H14N2O3. The van der Waals surface area contributed by atoms with Crippen molar-refractivity contribution in [1.82, 2.24) is 10.1 Å². The van der Waals surface area contributed by atoms with Crippen molar-refractivity contribution in [2.75, 3.05) is 6.61 Å². The summed E-state index contributed by atoms with van der Waals surface area (Å²) >= 11 is 0. The van der Waals surface area contributed by atoms with Crippen LogP contribution >= 0.6 is 0 Å². The summed E-state index contributed by atoms with van der Waals surface area (Å²) in [7, 11) is 0. The number of hydrogen-bond acceptors (Lipinski definition) is 5. The molecule has 5 heteroatoms. The van der Waals surface area contributed by atoms with Crippen molar-refractivity contribution >= 4 is 5.78 Å². The monoisotopic (exact) mass is 258 g/mol. The molecular weight excluding hydrogens is 244 g/mol. The van der Waals surface area contributed by atoms with Crippen molar-refractivity contribution in [3.05, 3.63) is 41.5 Å². The molecule has 0 aliphatic carbocycles. The highest BCUT2D eigenvalue weighted by atomic mass is 16.5. The predicted octanol–water partition coefficient (Wildman–Crippen LogP) is 1.92. The lowest BCUT2D eigenvalue weighted by Gasteiger charge is -2.22. The molecule has 2 heterocycles. The van der Waals surface area contributed by atoms with E-state index in [1.54, 1.807) is 0 Å². The van der Waals surface area contributed by atoms with Crippen molar-refractivity contribution in [2.45, 2.75) is 25.7 Å². The molecule has 0 fully saturated rings. The van der Waals surface area contributed by atoms with E-state index < -0.39 is 0 Å². The van der Waals surface area contributed by atoms with Gasteiger partial charge in [-0.25, -0.2) is 0 Å². The van der Waals surface area contributed by atoms with Crippen molar-refractivity contribution in [2.24, 2.45) is 0 Å². The van der Waals surface area contributed by atoms with Crippen LogP contribution in [0.15, 0.2) is 28.8 Å². The zero-order valence-corrected chi connectivity index (χ0v) is 10.6. The number of benzene rings is 1. The highest BCUT2D eigenvalue weighted by molar-refractivity contribution is 5.77. The van der Waals surface area contributed by atoms with Gasteiger partial charge in [-0.15, -0.1) is 0 Å². The molecule has 0 amide bonds. The Balaban J connectivity index is 1.77. The van der Waals surface area contributed by atoms with Gasteiger partial charge in [0.2, 0.25) is 5.89 Å². The Morgan fingerprint density at radius 1 is 1.42 bits per heavy atom. The number of fused-ring (bicyclic) bond motifs is 1. The lowest BCUT2D eigenvalue weighted by Crippen LogP contribution is -2.20. The fourth-order valence-corrected chi connectivity index (χ4v) is 2.21. The first-order valence-electron chi connectivity index (χ1n) is 6.25. The third-order valence-electron chi connectivity index (χ3n) is 3.13. The van der Waals surface area contributed by atoms with Crippen molar-refractivity contribution in [1.29, 1.82) is 0 Å². The van der Waals surface area contributed by atoms with Gasteiger partial charge in [0.1, 0.15) is 11.5 Å². The Kier molecular flexibility index (Phi) is 3.03. The van der Waals surface area contributed by atoms with Gasteiger partial charge in [-0.2, -0.15) is 4.98 Å². The number of carbonyl (C=O) groups excluding carboxylic acids is 1. The molecule has 1 unspecified atom stereocenters. The summed E-state index contributed by atoms with van der Waals surface area (Å²) < 4.78 is 10.8. The normalized spacial score (nSPS) is 17.6. The summed E-state index contributed by atoms with van der Waals surface area (Å²) in [6.45, 7) is 2.04. The molecule has 1 aliphatic heterocycles. The predicted molar refractivity (Wildman–Crippen MR) is 67.1 cm³/mol. The van der Waals surface area contributed by atoms with Crippen molar-refractivity contribution < 1.29 is 14.1 Å². The number of ketones is 1. The van der Waals surface area contributed by atoms with Gasteiger partial charge in [0.25, 0.3) is 0 Å². The standard InChI is InChI=1S/C14H14N2O3/c1-9(17)6-13-15-14(16-19-13)11-7-10-4-2-3-5-12(10)18-8-11/h2-5,11H,6-8H2,1H3. The molecule has 1 atom stereocenters. The van der Waals surface area contributed by atoms with Crippen LogP contribution in [-0.2, 0) is 17.6 Å². The topological polar surface area (TPSA) is 65.2 Å². The smallest absolute Gasteiger partial charge is 0.234 e. The first-order chi connectivity index (χ1) is 9.22. The van der Waals surface area contributed by atoms with E-state index in [1.807, 2.05) is 24.3 Å². The lowest BCUT2D eigenvalue weighted by molar-refractivity contribution is -0.116. The summed E-state index contributed by atoms with van der Waals surface area (Å²) in [4.78, 5) is 15.3. The number of ether oxygens (including phenoxy) is 1. The Morgan fingerprint density at radius 2 is 2.26 bits per heavy atom. The molecule has 0 radical (unpaired) electrons. The molecule has 5 nitrogen and oxygen atoms in total. The van der Waals surface area contributed by atoms with Crippen LogP contribution in [0.1, 0.15) is 30.1 Å². The third kappa shape index (κ3) is 2.50. The number of carbonyl (C=O) groups is 1. The molecule has 3 rings (SSSR count). The van der Waals surface area contributed by atoms with Gasteiger partial charge in [-0.05, 0) is 25.0 Å². The summed E-state index contributed by atoms with van der Waals surface area (Å²) in [6, 6.07) is 7.95. The van der Waals surface area contributed by atoms with Crippen LogP contribution in [0.25, 0.3) is 0 Å². The van der Waals surface area contributed by atoms with E-state index in [1.165, 1.54) is 6.92 Å². The van der Waals surface area contributed by atoms with Gasteiger partial charge in [0, 0.05) is 0 Å². The average Bonchev–Trinajstić information content (AvgIpc) is 2.86. The number of para-hydroxylation sites is 1. The second-order valence-corrected chi connectivity index (χ2v) is 4.74. The van der Waals surface area contributed by atoms with E-state index in [0.717, 1.165) is 17.7 Å². The Labute approximate surface area is 110 Å². The minimum absolute atomic E-state index is 0.0143. The highest BCUT2D eigenvalue weighted by Gasteiger charge is 2.25. The first kappa shape index (κ1) is 11.9. The largest absolute Gasteiger partial charge is 0.493 e. The maximum atomic E-state index is 11.0. The quantitative estimate of drug-likeness (QED) is 0.841. The van der Waals surface area contributed by atoms with Crippen molar-refractivity contribution in [3.63, 3.8) is 0 Å². The van der Waals surface area contributed by atoms with E-state index in [2.05, 4.69) is 10.1 Å². The molecule has 98 valence electrons. The van der Waals surface area contributed by atoms with Gasteiger partial charge >= 0.3 is 0 Å². The fraction of sp³-hybridized carbons (Fsp3) is 0.357. The van der Waals surface area contributed by atoms with Gasteiger partial charge < -0.3 is 9.26 Å². The fourth-order valence-electron chi connectivity index (χ4n) is 2.21. The number of nitrogens with zero attached hydrogens (tertiary/aromatic N) is 2. The van der Waals surface area contributed by atoms with Crippen LogP contribution in [0.3, 0.4) is 0 Å². The number of aromatic nitrogens is 2. The zero-order chi connectivity index (χ0) is 13.2. The van der Waals surface area contributed by atoms with Crippen LogP contribution in [0.2, 0.25) is 0 Å². The Bertz CT molecular complexity index is 606. The van der Waals surface area contributed by atoms with Gasteiger partial charge in [0.15, 0.2) is 5.82 Å². The molecule has 0 bridgehead atoms. The lowest BCUT2D eigenvalue weighted by atomic mass is 9.96. The summed E-state index contributed by atoms with van der Waals surface area (Å²) in [5.74, 6) is 2.01. The van der Waals surface area contributed by atoms with E-state index in [4.69, 9.17) is 9.26 Å². The zero-order valence-electron chi connectivity index (χ0n) is 10.6. The summed E-state index contributed by atoms with van der Waals surface area (Å²) in [5, 5.41) is 3.95. The van der Waals surface area contributed by atoms with Crippen LogP contribution in [0.5, 0.6) is 5.75 Å². The maximum absolute atomic E-state index is 11.0. The number of hydrogen-bond donors (Lipinski definition) is 0. The van der Waals surface area contributed by atoms with Gasteiger partial charge in [-0.3, -0.25) is 4.79 Å². The van der Waals surface area contributed by atoms with E-state index in [0.29, 0.717) is 18.3 Å². The second-order valence-electron chi connectivity index (χ2n) is 4.74. The van der Waals surface area contributed by atoms with E-state index in [-0.39, 0.29) is 18.1 Å². The molecule has 0 spiro atoms. The number of Topliss-reactive ketones (excluding diaryl/α,β-unsaturated/α-hetero) is 1. The molecule has 0 saturated heterocycles. The first-order valence-corrected chi connectivity index (χ1v) is 6.25. The minimum atomic E-state index is 0.0143. The van der Waals surface area contributed by atoms with Crippen LogP contribution in [-0.4, -0.2) is 22.5 Å². The molecule has 1 aromatic heterocycles. The van der Waals surface area contributed by atoms with Gasteiger partial charge in [-0.1, -0.05) is 23.4 Å². The van der Waals surface area contributed by atoms with E-state index >= 15 is 0 Å². The minimum Gasteiger partial charge on any atom is -0.493 e. The maximum Gasteiger partial charge on any atom is 0.234 e. The SMILES string of the molecule is CC(=O)Cc1nc(C2COc3ccccc3C2)no1. The molecule has 1 aromatic carbocycles. The number of rotatable bonds is 3. The third-order valence-corrected chi connectivity index (χ3v) is 3.13. The summed E-state index contributed by atoms with van der Waals surface area (Å²) in [5.41, 5.74) is 1.15. The molecule has 0 saturated carbocycles. The molecule has 19 heavy (non-hydrogen) atoms. The van der Waals surface area contributed by atoms with Crippen LogP contribution < -0.4 is 4.74 Å². The van der Waals surface area contributed by atoms with Crippen molar-refractivity contribution in [3.8, 4) is 5.75 Å². The molecule has 2 aromatic rings. The Morgan fingerprint density at radius 3 is 3.11 bits per heavy atom. The molecule has 0 N–H and O–H groups in total. The highest BCUT2D eigenvalue weighted by Crippen LogP contribution is 2.30. The van der Waals surface area contributed by atoms with Crippen LogP contribution in [0.4, 0.5) is 0 Å². The molecule has 1 aliphatic rings. The van der Waals surface area contributed by atoms with Crippen LogP contribution in [0, 0.1) is 0 Å².